The van der Waals surface area contributed by atoms with Crippen LogP contribution in [0.4, 0.5) is 5.69 Å². The van der Waals surface area contributed by atoms with Crippen molar-refractivity contribution in [3.05, 3.63) is 60.8 Å². The third kappa shape index (κ3) is 4.42. The summed E-state index contributed by atoms with van der Waals surface area (Å²) in [6.45, 7) is 4.17. The van der Waals surface area contributed by atoms with E-state index in [4.69, 9.17) is 4.42 Å². The zero-order valence-electron chi connectivity index (χ0n) is 17.5. The summed E-state index contributed by atoms with van der Waals surface area (Å²) in [6, 6.07) is 7.77. The van der Waals surface area contributed by atoms with Gasteiger partial charge in [-0.1, -0.05) is 0 Å². The van der Waals surface area contributed by atoms with E-state index in [-0.39, 0.29) is 36.1 Å². The van der Waals surface area contributed by atoms with Crippen molar-refractivity contribution in [1.29, 1.82) is 0 Å². The standard InChI is InChI=1S/C21H22N4O6S/c1-14-4-7-18(32-14)20(27)23-11-9-22(10-12-23)19(26)3-2-8-24-16-6-5-15(25(29)30)13-17(16)31-21(24)28/h4-7,13H,2-3,8-12H2,1H3. The van der Waals surface area contributed by atoms with Crippen LogP contribution in [0.3, 0.4) is 0 Å². The van der Waals surface area contributed by atoms with Gasteiger partial charge in [0.2, 0.25) is 5.91 Å². The molecule has 0 spiro atoms. The average molecular weight is 458 g/mol. The third-order valence-corrected chi connectivity index (χ3v) is 6.49. The van der Waals surface area contributed by atoms with Gasteiger partial charge >= 0.3 is 5.76 Å². The Balaban J connectivity index is 1.29. The molecule has 0 N–H and O–H groups in total. The van der Waals surface area contributed by atoms with E-state index in [9.17, 15) is 24.5 Å². The van der Waals surface area contributed by atoms with Crippen LogP contribution in [-0.2, 0) is 11.3 Å². The van der Waals surface area contributed by atoms with Crippen LogP contribution in [0, 0.1) is 17.0 Å². The molecule has 1 aromatic carbocycles. The number of carbonyl (C=O) groups excluding carboxylic acids is 2. The lowest BCUT2D eigenvalue weighted by atomic mass is 10.2. The lowest BCUT2D eigenvalue weighted by molar-refractivity contribution is -0.384. The average Bonchev–Trinajstić information content (AvgIpc) is 3.35. The number of carbonyl (C=O) groups is 2. The highest BCUT2D eigenvalue weighted by Crippen LogP contribution is 2.21. The van der Waals surface area contributed by atoms with Gasteiger partial charge in [-0.15, -0.1) is 11.3 Å². The third-order valence-electron chi connectivity index (χ3n) is 5.51. The fourth-order valence-corrected chi connectivity index (χ4v) is 4.63. The lowest BCUT2D eigenvalue weighted by Crippen LogP contribution is -2.50. The summed E-state index contributed by atoms with van der Waals surface area (Å²) in [5.41, 5.74) is 0.460. The Labute approximate surface area is 186 Å². The van der Waals surface area contributed by atoms with E-state index in [0.29, 0.717) is 43.0 Å². The number of aryl methyl sites for hydroxylation is 2. The molecular formula is C21H22N4O6S. The number of thiophene rings is 1. The molecule has 0 bridgehead atoms. The fourth-order valence-electron chi connectivity index (χ4n) is 3.79. The minimum atomic E-state index is -0.608. The normalized spacial score (nSPS) is 14.2. The predicted octanol–water partition coefficient (Wildman–Crippen LogP) is 2.64. The number of amides is 2. The van der Waals surface area contributed by atoms with Crippen LogP contribution >= 0.6 is 11.3 Å². The molecule has 0 aliphatic carbocycles. The van der Waals surface area contributed by atoms with Gasteiger partial charge in [-0.05, 0) is 31.5 Å². The molecule has 0 radical (unpaired) electrons. The van der Waals surface area contributed by atoms with Crippen LogP contribution in [0.1, 0.15) is 27.4 Å². The maximum absolute atomic E-state index is 12.6. The van der Waals surface area contributed by atoms with E-state index >= 15 is 0 Å². The van der Waals surface area contributed by atoms with Gasteiger partial charge in [0.1, 0.15) is 0 Å². The Morgan fingerprint density at radius 3 is 2.50 bits per heavy atom. The number of nitro groups is 1. The second-order valence-corrected chi connectivity index (χ2v) is 8.90. The van der Waals surface area contributed by atoms with Crippen LogP contribution in [0.25, 0.3) is 11.1 Å². The second-order valence-electron chi connectivity index (χ2n) is 7.62. The predicted molar refractivity (Wildman–Crippen MR) is 118 cm³/mol. The number of oxazole rings is 1. The SMILES string of the molecule is Cc1ccc(C(=O)N2CCN(C(=O)CCCn3c(=O)oc4cc([N+](=O)[O-])ccc43)CC2)s1. The summed E-state index contributed by atoms with van der Waals surface area (Å²) in [7, 11) is 0. The number of nitrogens with zero attached hydrogens (tertiary/aromatic N) is 4. The summed E-state index contributed by atoms with van der Waals surface area (Å²) in [5.74, 6) is -0.633. The van der Waals surface area contributed by atoms with E-state index in [2.05, 4.69) is 0 Å². The van der Waals surface area contributed by atoms with Crippen molar-refractivity contribution in [3.63, 3.8) is 0 Å². The van der Waals surface area contributed by atoms with Crippen molar-refractivity contribution in [2.24, 2.45) is 0 Å². The fraction of sp³-hybridized carbons (Fsp3) is 0.381. The number of aromatic nitrogens is 1. The van der Waals surface area contributed by atoms with Gasteiger partial charge in [-0.25, -0.2) is 4.79 Å². The van der Waals surface area contributed by atoms with E-state index in [1.807, 2.05) is 19.1 Å². The molecule has 0 atom stereocenters. The van der Waals surface area contributed by atoms with Crippen LogP contribution in [0.5, 0.6) is 0 Å². The number of nitro benzene ring substituents is 1. The quantitative estimate of drug-likeness (QED) is 0.414. The highest BCUT2D eigenvalue weighted by Gasteiger charge is 2.25. The molecule has 2 amide bonds. The topological polar surface area (TPSA) is 119 Å². The Morgan fingerprint density at radius 2 is 1.84 bits per heavy atom. The molecule has 1 aliphatic rings. The van der Waals surface area contributed by atoms with Crippen LogP contribution in [0.2, 0.25) is 0 Å². The largest absolute Gasteiger partial charge is 0.419 e. The smallest absolute Gasteiger partial charge is 0.407 e. The molecule has 10 nitrogen and oxygen atoms in total. The molecule has 11 heteroatoms. The van der Waals surface area contributed by atoms with Crippen LogP contribution in [0.15, 0.2) is 39.5 Å². The summed E-state index contributed by atoms with van der Waals surface area (Å²) in [4.78, 5) is 52.9. The van der Waals surface area contributed by atoms with Crippen LogP contribution < -0.4 is 5.76 Å². The molecule has 3 heterocycles. The van der Waals surface area contributed by atoms with Crippen molar-refractivity contribution in [2.75, 3.05) is 26.2 Å². The van der Waals surface area contributed by atoms with E-state index in [1.165, 1.54) is 34.1 Å². The monoisotopic (exact) mass is 458 g/mol. The van der Waals surface area contributed by atoms with Crippen molar-refractivity contribution < 1.29 is 18.9 Å². The Kier molecular flexibility index (Phi) is 6.08. The van der Waals surface area contributed by atoms with E-state index in [0.717, 1.165) is 4.88 Å². The molecule has 1 fully saturated rings. The Hall–Kier alpha value is -3.47. The van der Waals surface area contributed by atoms with Gasteiger partial charge in [0.25, 0.3) is 11.6 Å². The number of hydrogen-bond donors (Lipinski definition) is 0. The summed E-state index contributed by atoms with van der Waals surface area (Å²) in [5, 5.41) is 10.9. The van der Waals surface area contributed by atoms with Crippen molar-refractivity contribution >= 4 is 39.9 Å². The summed E-state index contributed by atoms with van der Waals surface area (Å²) < 4.78 is 6.49. The number of benzene rings is 1. The minimum Gasteiger partial charge on any atom is -0.407 e. The van der Waals surface area contributed by atoms with Gasteiger partial charge in [-0.3, -0.25) is 24.3 Å². The number of fused-ring (bicyclic) bond motifs is 1. The molecule has 32 heavy (non-hydrogen) atoms. The molecule has 1 aliphatic heterocycles. The minimum absolute atomic E-state index is 0.00152. The molecule has 0 saturated carbocycles. The van der Waals surface area contributed by atoms with Gasteiger partial charge in [0.05, 0.1) is 21.4 Å². The first kappa shape index (κ1) is 21.8. The molecule has 168 valence electrons. The number of non-ortho nitro benzene ring substituents is 1. The van der Waals surface area contributed by atoms with Gasteiger partial charge < -0.3 is 14.2 Å². The second kappa shape index (κ2) is 8.95. The molecular weight excluding hydrogens is 436 g/mol. The molecule has 4 rings (SSSR count). The van der Waals surface area contributed by atoms with Crippen molar-refractivity contribution in [3.8, 4) is 0 Å². The highest BCUT2D eigenvalue weighted by molar-refractivity contribution is 7.13. The van der Waals surface area contributed by atoms with Gasteiger partial charge in [-0.2, -0.15) is 0 Å². The molecule has 2 aromatic heterocycles. The number of hydrogen-bond acceptors (Lipinski definition) is 7. The highest BCUT2D eigenvalue weighted by atomic mass is 32.1. The van der Waals surface area contributed by atoms with Gasteiger partial charge in [0.15, 0.2) is 5.58 Å². The maximum atomic E-state index is 12.6. The molecule has 3 aromatic rings. The first-order valence-electron chi connectivity index (χ1n) is 10.2. The maximum Gasteiger partial charge on any atom is 0.419 e. The number of rotatable bonds is 6. The Bertz CT molecular complexity index is 1230. The zero-order valence-corrected chi connectivity index (χ0v) is 18.3. The summed E-state index contributed by atoms with van der Waals surface area (Å²) in [6.07, 6.45) is 0.683. The van der Waals surface area contributed by atoms with Gasteiger partial charge in [0, 0.05) is 50.1 Å². The Morgan fingerprint density at radius 1 is 1.12 bits per heavy atom. The zero-order chi connectivity index (χ0) is 22.8. The first-order valence-corrected chi connectivity index (χ1v) is 11.1. The summed E-state index contributed by atoms with van der Waals surface area (Å²) >= 11 is 1.47. The van der Waals surface area contributed by atoms with Crippen LogP contribution in [-0.4, -0.2) is 57.3 Å². The van der Waals surface area contributed by atoms with E-state index in [1.54, 1.807) is 9.80 Å². The lowest BCUT2D eigenvalue weighted by Gasteiger charge is -2.34. The first-order chi connectivity index (χ1) is 15.3. The van der Waals surface area contributed by atoms with Crippen molar-refractivity contribution in [1.82, 2.24) is 14.4 Å². The number of piperazine rings is 1. The molecule has 1 saturated heterocycles. The molecule has 0 unspecified atom stereocenters. The van der Waals surface area contributed by atoms with E-state index < -0.39 is 10.7 Å². The van der Waals surface area contributed by atoms with Crippen molar-refractivity contribution in [2.45, 2.75) is 26.3 Å².